The lowest BCUT2D eigenvalue weighted by molar-refractivity contribution is -0.117. The predicted molar refractivity (Wildman–Crippen MR) is 121 cm³/mol. The molecule has 0 aromatic heterocycles. The lowest BCUT2D eigenvalue weighted by Crippen LogP contribution is -2.30. The van der Waals surface area contributed by atoms with Crippen LogP contribution in [-0.4, -0.2) is 20.0 Å². The van der Waals surface area contributed by atoms with E-state index in [0.29, 0.717) is 66.8 Å². The van der Waals surface area contributed by atoms with Crippen LogP contribution in [0.5, 0.6) is 5.75 Å². The molecule has 33 heavy (non-hydrogen) atoms. The Hall–Kier alpha value is -3.19. The van der Waals surface area contributed by atoms with E-state index in [-0.39, 0.29) is 22.2 Å². The van der Waals surface area contributed by atoms with Crippen LogP contribution >= 0.6 is 0 Å². The van der Waals surface area contributed by atoms with Crippen molar-refractivity contribution in [2.24, 2.45) is 0 Å². The Labute approximate surface area is 193 Å². The molecule has 6 nitrogen and oxygen atoms in total. The Morgan fingerprint density at radius 1 is 0.818 bits per heavy atom. The smallest absolute Gasteiger partial charge is 0.339 e. The zero-order valence-corrected chi connectivity index (χ0v) is 19.1. The molecule has 0 atom stereocenters. The highest BCUT2D eigenvalue weighted by molar-refractivity contribution is 7.87. The highest BCUT2D eigenvalue weighted by atomic mass is 32.2. The summed E-state index contributed by atoms with van der Waals surface area (Å²) in [5, 5.41) is 0. The molecule has 0 radical (unpaired) electrons. The van der Waals surface area contributed by atoms with Gasteiger partial charge < -0.3 is 8.92 Å². The molecule has 0 saturated carbocycles. The van der Waals surface area contributed by atoms with Gasteiger partial charge in [-0.2, -0.15) is 8.42 Å². The van der Waals surface area contributed by atoms with Crippen LogP contribution in [0.25, 0.3) is 0 Å². The third-order valence-corrected chi connectivity index (χ3v) is 7.63. The number of Topliss-reactive ketones (excluding diaryl/α,β-unsaturated/α-hetero) is 2. The Bertz CT molecular complexity index is 1270. The van der Waals surface area contributed by atoms with E-state index in [4.69, 9.17) is 8.92 Å². The van der Waals surface area contributed by atoms with Gasteiger partial charge in [-0.05, 0) is 38.0 Å². The minimum Gasteiger partial charge on any atom is -0.465 e. The van der Waals surface area contributed by atoms with Crippen molar-refractivity contribution in [2.75, 3.05) is 0 Å². The molecule has 2 aromatic carbocycles. The summed E-state index contributed by atoms with van der Waals surface area (Å²) >= 11 is 0. The zero-order chi connectivity index (χ0) is 23.2. The van der Waals surface area contributed by atoms with Gasteiger partial charge in [0.2, 0.25) is 0 Å². The molecule has 0 unspecified atom stereocenters. The number of hydrogen-bond acceptors (Lipinski definition) is 6. The molecule has 0 bridgehead atoms. The fourth-order valence-corrected chi connectivity index (χ4v) is 5.75. The molecule has 2 aliphatic carbocycles. The monoisotopic (exact) mass is 464 g/mol. The van der Waals surface area contributed by atoms with Gasteiger partial charge in [0.25, 0.3) is 0 Å². The maximum Gasteiger partial charge on any atom is 0.339 e. The maximum absolute atomic E-state index is 13.0. The van der Waals surface area contributed by atoms with Crippen molar-refractivity contribution in [3.8, 4) is 5.75 Å². The first-order chi connectivity index (χ1) is 15.8. The maximum atomic E-state index is 13.0. The largest absolute Gasteiger partial charge is 0.465 e. The number of para-hydroxylation sites is 1. The van der Waals surface area contributed by atoms with Crippen LogP contribution in [-0.2, 0) is 24.4 Å². The molecule has 0 spiro atoms. The average molecular weight is 465 g/mol. The molecule has 7 heteroatoms. The highest BCUT2D eigenvalue weighted by Crippen LogP contribution is 2.49. The Kier molecular flexibility index (Phi) is 5.44. The summed E-state index contributed by atoms with van der Waals surface area (Å²) in [5.74, 6) is 0.487. The Morgan fingerprint density at radius 2 is 1.39 bits per heavy atom. The van der Waals surface area contributed by atoms with Gasteiger partial charge in [-0.25, -0.2) is 0 Å². The number of carbonyl (C=O) groups is 2. The zero-order valence-electron chi connectivity index (χ0n) is 18.3. The van der Waals surface area contributed by atoms with Gasteiger partial charge >= 0.3 is 10.1 Å². The number of aryl methyl sites for hydroxylation is 1. The van der Waals surface area contributed by atoms with Gasteiger partial charge in [0.15, 0.2) is 11.6 Å². The summed E-state index contributed by atoms with van der Waals surface area (Å²) in [6.45, 7) is 1.87. The summed E-state index contributed by atoms with van der Waals surface area (Å²) < 4.78 is 37.7. The first-order valence-electron chi connectivity index (χ1n) is 11.2. The normalized spacial score (nSPS) is 19.2. The molecule has 1 heterocycles. The molecule has 0 N–H and O–H groups in total. The molecule has 1 aliphatic heterocycles. The fourth-order valence-electron chi connectivity index (χ4n) is 4.79. The van der Waals surface area contributed by atoms with E-state index in [0.717, 1.165) is 5.56 Å². The van der Waals surface area contributed by atoms with E-state index in [1.54, 1.807) is 36.4 Å². The molecular formula is C26H24O6S. The molecule has 3 aliphatic rings. The van der Waals surface area contributed by atoms with Crippen molar-refractivity contribution < 1.29 is 26.9 Å². The van der Waals surface area contributed by atoms with Crippen LogP contribution in [0.4, 0.5) is 0 Å². The van der Waals surface area contributed by atoms with Gasteiger partial charge in [0.1, 0.15) is 22.2 Å². The van der Waals surface area contributed by atoms with Crippen molar-refractivity contribution in [3.05, 3.63) is 82.3 Å². The molecule has 0 saturated heterocycles. The number of carbonyl (C=O) groups excluding carboxylic acids is 2. The van der Waals surface area contributed by atoms with Crippen LogP contribution < -0.4 is 4.18 Å². The quantitative estimate of drug-likeness (QED) is 0.599. The summed E-state index contributed by atoms with van der Waals surface area (Å²) in [4.78, 5) is 26.1. The fraction of sp³-hybridized carbons (Fsp3) is 0.308. The lowest BCUT2D eigenvalue weighted by atomic mass is 9.73. The number of rotatable bonds is 4. The van der Waals surface area contributed by atoms with Crippen molar-refractivity contribution in [2.45, 2.75) is 56.3 Å². The first-order valence-corrected chi connectivity index (χ1v) is 12.6. The van der Waals surface area contributed by atoms with E-state index in [9.17, 15) is 18.0 Å². The minimum atomic E-state index is -4.11. The topological polar surface area (TPSA) is 86.7 Å². The Balaban J connectivity index is 1.63. The van der Waals surface area contributed by atoms with Crippen molar-refractivity contribution >= 4 is 21.7 Å². The van der Waals surface area contributed by atoms with E-state index in [2.05, 4.69) is 0 Å². The third-order valence-electron chi connectivity index (χ3n) is 6.38. The SMILES string of the molecule is Cc1ccc(S(=O)(=O)Oc2ccccc2C2C3=C(CCCC3=O)OC3=C2C(=O)CCC3)cc1. The van der Waals surface area contributed by atoms with Crippen LogP contribution in [0, 0.1) is 6.92 Å². The van der Waals surface area contributed by atoms with E-state index < -0.39 is 16.0 Å². The van der Waals surface area contributed by atoms with Crippen LogP contribution in [0.1, 0.15) is 55.6 Å². The van der Waals surface area contributed by atoms with Crippen LogP contribution in [0.3, 0.4) is 0 Å². The first kappa shape index (κ1) is 21.6. The summed E-state index contributed by atoms with van der Waals surface area (Å²) in [7, 11) is -4.11. The summed E-state index contributed by atoms with van der Waals surface area (Å²) in [5.41, 5.74) is 2.34. The van der Waals surface area contributed by atoms with Gasteiger partial charge in [-0.3, -0.25) is 9.59 Å². The molecule has 0 amide bonds. The summed E-state index contributed by atoms with van der Waals surface area (Å²) in [6.07, 6.45) is 3.38. The van der Waals surface area contributed by atoms with Gasteiger partial charge in [0.05, 0.1) is 5.92 Å². The second-order valence-electron chi connectivity index (χ2n) is 8.65. The van der Waals surface area contributed by atoms with E-state index in [1.165, 1.54) is 12.1 Å². The number of ketones is 2. The molecule has 5 rings (SSSR count). The molecule has 2 aromatic rings. The van der Waals surface area contributed by atoms with Crippen LogP contribution in [0.2, 0.25) is 0 Å². The molecular weight excluding hydrogens is 440 g/mol. The molecule has 0 fully saturated rings. The Morgan fingerprint density at radius 3 is 2.00 bits per heavy atom. The summed E-state index contributed by atoms with van der Waals surface area (Å²) in [6, 6.07) is 13.1. The van der Waals surface area contributed by atoms with Gasteiger partial charge in [-0.15, -0.1) is 0 Å². The second-order valence-corrected chi connectivity index (χ2v) is 10.2. The predicted octanol–water partition coefficient (Wildman–Crippen LogP) is 4.89. The second kappa shape index (κ2) is 8.30. The average Bonchev–Trinajstić information content (AvgIpc) is 2.79. The standard InChI is InChI=1S/C26H24O6S/c1-16-12-14-17(15-13-16)33(29,30)32-21-9-3-2-6-18(21)24-25-19(27)7-4-10-22(25)31-23-11-5-8-20(28)26(23)24/h2-3,6,9,12-15,24H,4-5,7-8,10-11H2,1H3. The highest BCUT2D eigenvalue weighted by Gasteiger charge is 2.43. The molecule has 170 valence electrons. The number of hydrogen-bond donors (Lipinski definition) is 0. The van der Waals surface area contributed by atoms with Crippen molar-refractivity contribution in [1.82, 2.24) is 0 Å². The van der Waals surface area contributed by atoms with Gasteiger partial charge in [0, 0.05) is 42.4 Å². The lowest BCUT2D eigenvalue weighted by Gasteiger charge is -2.36. The van der Waals surface area contributed by atoms with E-state index >= 15 is 0 Å². The van der Waals surface area contributed by atoms with E-state index in [1.807, 2.05) is 6.92 Å². The van der Waals surface area contributed by atoms with Gasteiger partial charge in [-0.1, -0.05) is 35.9 Å². The van der Waals surface area contributed by atoms with Crippen LogP contribution in [0.15, 0.2) is 76.1 Å². The minimum absolute atomic E-state index is 0.0391. The van der Waals surface area contributed by atoms with Crippen molar-refractivity contribution in [1.29, 1.82) is 0 Å². The number of benzene rings is 2. The number of allylic oxidation sites excluding steroid dienone is 4. The van der Waals surface area contributed by atoms with Crippen molar-refractivity contribution in [3.63, 3.8) is 0 Å². The number of ether oxygens (including phenoxy) is 1. The third kappa shape index (κ3) is 3.91.